The maximum Gasteiger partial charge on any atom is 0.0972 e. The van der Waals surface area contributed by atoms with Crippen molar-refractivity contribution in [3.8, 4) is 0 Å². The van der Waals surface area contributed by atoms with E-state index in [0.717, 1.165) is 0 Å². The first-order chi connectivity index (χ1) is 4.04. The number of aliphatic hydroxyl groups is 1. The Morgan fingerprint density at radius 2 is 2.11 bits per heavy atom. The van der Waals surface area contributed by atoms with E-state index in [1.807, 2.05) is 0 Å². The van der Waals surface area contributed by atoms with Crippen LogP contribution in [-0.2, 0) is 0 Å². The zero-order chi connectivity index (χ0) is 7.49. The van der Waals surface area contributed by atoms with Gasteiger partial charge in [0.15, 0.2) is 0 Å². The van der Waals surface area contributed by atoms with Gasteiger partial charge in [-0.05, 0) is 12.5 Å². The van der Waals surface area contributed by atoms with Gasteiger partial charge in [-0.25, -0.2) is 0 Å². The first kappa shape index (κ1) is 9.28. The quantitative estimate of drug-likeness (QED) is 0.504. The van der Waals surface area contributed by atoms with E-state index in [4.69, 9.17) is 23.2 Å². The Morgan fingerprint density at radius 1 is 1.67 bits per heavy atom. The molecular formula is C6H10Cl2O. The molecule has 1 atom stereocenters. The molecule has 0 spiro atoms. The van der Waals surface area contributed by atoms with Crippen LogP contribution in [0.2, 0.25) is 0 Å². The van der Waals surface area contributed by atoms with Crippen molar-refractivity contribution in [1.82, 2.24) is 0 Å². The van der Waals surface area contributed by atoms with Crippen LogP contribution in [0.1, 0.15) is 6.92 Å². The van der Waals surface area contributed by atoms with Gasteiger partial charge in [0, 0.05) is 5.88 Å². The molecule has 0 aromatic heterocycles. The molecule has 9 heavy (non-hydrogen) atoms. The molecule has 0 aliphatic rings. The highest BCUT2D eigenvalue weighted by Crippen LogP contribution is 2.16. The average molecular weight is 169 g/mol. The zero-order valence-corrected chi connectivity index (χ0v) is 6.84. The fourth-order valence-corrected chi connectivity index (χ4v) is 0.715. The second kappa shape index (κ2) is 3.45. The molecule has 0 aromatic rings. The van der Waals surface area contributed by atoms with Crippen LogP contribution in [-0.4, -0.2) is 22.5 Å². The monoisotopic (exact) mass is 168 g/mol. The smallest absolute Gasteiger partial charge is 0.0972 e. The van der Waals surface area contributed by atoms with E-state index < -0.39 is 5.60 Å². The SMILES string of the molecule is C=C(CCl)C(C)(O)CCl. The number of hydrogen-bond acceptors (Lipinski definition) is 1. The maximum atomic E-state index is 9.28. The Balaban J connectivity index is 3.97. The fraction of sp³-hybridized carbons (Fsp3) is 0.667. The van der Waals surface area contributed by atoms with Gasteiger partial charge in [-0.15, -0.1) is 23.2 Å². The Bertz CT molecular complexity index is 110. The largest absolute Gasteiger partial charge is 0.385 e. The van der Waals surface area contributed by atoms with Crippen molar-refractivity contribution in [2.24, 2.45) is 0 Å². The fourth-order valence-electron chi connectivity index (χ4n) is 0.238. The van der Waals surface area contributed by atoms with Gasteiger partial charge in [0.25, 0.3) is 0 Å². The molecule has 0 rings (SSSR count). The van der Waals surface area contributed by atoms with E-state index in [1.165, 1.54) is 0 Å². The van der Waals surface area contributed by atoms with Gasteiger partial charge in [0.1, 0.15) is 0 Å². The number of rotatable bonds is 3. The van der Waals surface area contributed by atoms with Gasteiger partial charge in [0.05, 0.1) is 11.5 Å². The van der Waals surface area contributed by atoms with Gasteiger partial charge in [-0.1, -0.05) is 6.58 Å². The van der Waals surface area contributed by atoms with Crippen LogP contribution in [0.4, 0.5) is 0 Å². The predicted molar refractivity (Wildman–Crippen MR) is 41.2 cm³/mol. The van der Waals surface area contributed by atoms with Crippen molar-refractivity contribution in [2.45, 2.75) is 12.5 Å². The number of hydrogen-bond donors (Lipinski definition) is 1. The molecule has 54 valence electrons. The lowest BCUT2D eigenvalue weighted by Gasteiger charge is -2.20. The average Bonchev–Trinajstić information content (AvgIpc) is 1.86. The van der Waals surface area contributed by atoms with E-state index >= 15 is 0 Å². The third-order valence-corrected chi connectivity index (χ3v) is 2.03. The van der Waals surface area contributed by atoms with E-state index in [9.17, 15) is 5.11 Å². The van der Waals surface area contributed by atoms with Crippen LogP contribution >= 0.6 is 23.2 Å². The summed E-state index contributed by atoms with van der Waals surface area (Å²) < 4.78 is 0. The summed E-state index contributed by atoms with van der Waals surface area (Å²) >= 11 is 10.8. The molecule has 1 N–H and O–H groups in total. The summed E-state index contributed by atoms with van der Waals surface area (Å²) in [5.74, 6) is 0.387. The van der Waals surface area contributed by atoms with Crippen LogP contribution in [0.3, 0.4) is 0 Å². The van der Waals surface area contributed by atoms with E-state index in [0.29, 0.717) is 5.57 Å². The second-order valence-electron chi connectivity index (χ2n) is 2.14. The van der Waals surface area contributed by atoms with Crippen molar-refractivity contribution in [3.63, 3.8) is 0 Å². The van der Waals surface area contributed by atoms with Crippen molar-refractivity contribution in [3.05, 3.63) is 12.2 Å². The molecular weight excluding hydrogens is 159 g/mol. The van der Waals surface area contributed by atoms with Crippen LogP contribution < -0.4 is 0 Å². The Hall–Kier alpha value is 0.280. The van der Waals surface area contributed by atoms with Gasteiger partial charge in [-0.3, -0.25) is 0 Å². The molecule has 0 heterocycles. The molecule has 0 amide bonds. The van der Waals surface area contributed by atoms with Gasteiger partial charge in [0.2, 0.25) is 0 Å². The Kier molecular flexibility index (Phi) is 3.56. The molecule has 0 saturated heterocycles. The predicted octanol–water partition coefficient (Wildman–Crippen LogP) is 1.77. The highest BCUT2D eigenvalue weighted by atomic mass is 35.5. The third kappa shape index (κ3) is 2.57. The lowest BCUT2D eigenvalue weighted by molar-refractivity contribution is 0.124. The molecule has 0 radical (unpaired) electrons. The summed E-state index contributed by atoms with van der Waals surface area (Å²) in [6.45, 7) is 5.14. The van der Waals surface area contributed by atoms with E-state index in [-0.39, 0.29) is 11.8 Å². The van der Waals surface area contributed by atoms with Gasteiger partial charge in [-0.2, -0.15) is 0 Å². The number of alkyl halides is 2. The third-order valence-electron chi connectivity index (χ3n) is 1.18. The molecule has 0 aromatic carbocycles. The normalized spacial score (nSPS) is 16.9. The molecule has 0 fully saturated rings. The molecule has 0 bridgehead atoms. The highest BCUT2D eigenvalue weighted by molar-refractivity contribution is 6.20. The Morgan fingerprint density at radius 3 is 2.22 bits per heavy atom. The first-order valence-corrected chi connectivity index (χ1v) is 3.64. The lowest BCUT2D eigenvalue weighted by atomic mass is 10.0. The van der Waals surface area contributed by atoms with E-state index in [2.05, 4.69) is 6.58 Å². The molecule has 3 heteroatoms. The highest BCUT2D eigenvalue weighted by Gasteiger charge is 2.21. The molecule has 1 nitrogen and oxygen atoms in total. The zero-order valence-electron chi connectivity index (χ0n) is 5.32. The number of halogens is 2. The van der Waals surface area contributed by atoms with Crippen molar-refractivity contribution >= 4 is 23.2 Å². The minimum Gasteiger partial charge on any atom is -0.385 e. The topological polar surface area (TPSA) is 20.2 Å². The summed E-state index contributed by atoms with van der Waals surface area (Å²) in [4.78, 5) is 0. The van der Waals surface area contributed by atoms with Crippen LogP contribution in [0.5, 0.6) is 0 Å². The first-order valence-electron chi connectivity index (χ1n) is 2.57. The minimum absolute atomic E-state index is 0.137. The summed E-state index contributed by atoms with van der Waals surface area (Å²) in [6, 6.07) is 0. The summed E-state index contributed by atoms with van der Waals surface area (Å²) in [5.41, 5.74) is -0.456. The van der Waals surface area contributed by atoms with E-state index in [1.54, 1.807) is 6.92 Å². The standard InChI is InChI=1S/C6H10Cl2O/c1-5(3-7)6(2,9)4-8/h9H,1,3-4H2,2H3. The van der Waals surface area contributed by atoms with Gasteiger partial charge < -0.3 is 5.11 Å². The Labute approximate surface area is 65.3 Å². The molecule has 0 saturated carbocycles. The summed E-state index contributed by atoms with van der Waals surface area (Å²) in [6.07, 6.45) is 0. The lowest BCUT2D eigenvalue weighted by Crippen LogP contribution is -2.29. The molecule has 0 aliphatic carbocycles. The second-order valence-corrected chi connectivity index (χ2v) is 2.68. The van der Waals surface area contributed by atoms with Gasteiger partial charge >= 0.3 is 0 Å². The molecule has 1 unspecified atom stereocenters. The maximum absolute atomic E-state index is 9.28. The summed E-state index contributed by atoms with van der Waals surface area (Å²) in [7, 11) is 0. The van der Waals surface area contributed by atoms with Crippen molar-refractivity contribution in [2.75, 3.05) is 11.8 Å². The molecule has 0 aliphatic heterocycles. The van der Waals surface area contributed by atoms with Crippen LogP contribution in [0.15, 0.2) is 12.2 Å². The minimum atomic E-state index is -1.01. The van der Waals surface area contributed by atoms with Crippen LogP contribution in [0.25, 0.3) is 0 Å². The van der Waals surface area contributed by atoms with Crippen molar-refractivity contribution in [1.29, 1.82) is 0 Å². The summed E-state index contributed by atoms with van der Waals surface area (Å²) in [5, 5.41) is 9.28. The van der Waals surface area contributed by atoms with Crippen LogP contribution in [0, 0.1) is 0 Å². The van der Waals surface area contributed by atoms with Crippen molar-refractivity contribution < 1.29 is 5.11 Å².